The van der Waals surface area contributed by atoms with Gasteiger partial charge < -0.3 is 5.73 Å². The van der Waals surface area contributed by atoms with Crippen molar-refractivity contribution in [1.29, 1.82) is 0 Å². The summed E-state index contributed by atoms with van der Waals surface area (Å²) < 4.78 is 0. The quantitative estimate of drug-likeness (QED) is 0.877. The SMILES string of the molecule is NC(Cc1ccncc1Cl)C1CC2CC2C1. The zero-order valence-corrected chi connectivity index (χ0v) is 10.0. The van der Waals surface area contributed by atoms with Crippen molar-refractivity contribution < 1.29 is 0 Å². The summed E-state index contributed by atoms with van der Waals surface area (Å²) in [6, 6.07) is 2.26. The fraction of sp³-hybridized carbons (Fsp3) is 0.615. The summed E-state index contributed by atoms with van der Waals surface area (Å²) in [6.07, 6.45) is 8.53. The number of aromatic nitrogens is 1. The van der Waals surface area contributed by atoms with E-state index in [1.165, 1.54) is 19.3 Å². The molecule has 2 aliphatic carbocycles. The minimum Gasteiger partial charge on any atom is -0.327 e. The Labute approximate surface area is 101 Å². The second-order valence-electron chi connectivity index (χ2n) is 5.32. The van der Waals surface area contributed by atoms with Gasteiger partial charge in [-0.1, -0.05) is 11.6 Å². The number of halogens is 1. The third-order valence-corrected chi connectivity index (χ3v) is 4.54. The summed E-state index contributed by atoms with van der Waals surface area (Å²) in [5.74, 6) is 2.72. The lowest BCUT2D eigenvalue weighted by Gasteiger charge is -2.20. The Hall–Kier alpha value is -0.600. The van der Waals surface area contributed by atoms with Crippen LogP contribution >= 0.6 is 11.6 Å². The predicted octanol–water partition coefficient (Wildman–Crippen LogP) is 2.65. The lowest BCUT2D eigenvalue weighted by atomic mass is 9.91. The smallest absolute Gasteiger partial charge is 0.0621 e. The average Bonchev–Trinajstić information content (AvgIpc) is 2.89. The Morgan fingerprint density at radius 2 is 2.12 bits per heavy atom. The van der Waals surface area contributed by atoms with Crippen LogP contribution < -0.4 is 5.73 Å². The number of fused-ring (bicyclic) bond motifs is 1. The van der Waals surface area contributed by atoms with Gasteiger partial charge in [-0.05, 0) is 55.1 Å². The molecule has 0 bridgehead atoms. The first-order chi connectivity index (χ1) is 7.74. The number of hydrogen-bond acceptors (Lipinski definition) is 2. The predicted molar refractivity (Wildman–Crippen MR) is 65.2 cm³/mol. The Balaban J connectivity index is 1.64. The molecule has 2 nitrogen and oxygen atoms in total. The van der Waals surface area contributed by atoms with Crippen LogP contribution in [0.1, 0.15) is 24.8 Å². The number of nitrogens with two attached hydrogens (primary N) is 1. The molecule has 2 aliphatic rings. The van der Waals surface area contributed by atoms with Crippen molar-refractivity contribution >= 4 is 11.6 Å². The van der Waals surface area contributed by atoms with Crippen molar-refractivity contribution in [2.24, 2.45) is 23.5 Å². The molecule has 2 fully saturated rings. The van der Waals surface area contributed by atoms with Gasteiger partial charge in [0.2, 0.25) is 0 Å². The van der Waals surface area contributed by atoms with E-state index in [1.54, 1.807) is 12.4 Å². The standard InChI is InChI=1S/C13H17ClN2/c14-12-7-16-2-1-8(12)6-13(15)11-4-9-3-10(9)5-11/h1-2,7,9-11,13H,3-6,15H2. The molecule has 86 valence electrons. The zero-order valence-electron chi connectivity index (χ0n) is 9.27. The molecule has 3 rings (SSSR count). The number of hydrogen-bond donors (Lipinski definition) is 1. The second kappa shape index (κ2) is 4.01. The van der Waals surface area contributed by atoms with Crippen LogP contribution in [0.4, 0.5) is 0 Å². The van der Waals surface area contributed by atoms with Crippen molar-refractivity contribution in [3.8, 4) is 0 Å². The van der Waals surface area contributed by atoms with Crippen LogP contribution in [-0.2, 0) is 6.42 Å². The van der Waals surface area contributed by atoms with Crippen LogP contribution in [0.2, 0.25) is 5.02 Å². The largest absolute Gasteiger partial charge is 0.327 e. The molecule has 2 N–H and O–H groups in total. The van der Waals surface area contributed by atoms with E-state index >= 15 is 0 Å². The molecular formula is C13H17ClN2. The molecule has 0 saturated heterocycles. The van der Waals surface area contributed by atoms with Gasteiger partial charge in [-0.2, -0.15) is 0 Å². The Bertz CT molecular complexity index is 383. The molecule has 3 heteroatoms. The molecule has 0 amide bonds. The molecule has 1 aromatic heterocycles. The van der Waals surface area contributed by atoms with Crippen LogP contribution in [0.3, 0.4) is 0 Å². The van der Waals surface area contributed by atoms with Crippen molar-refractivity contribution in [1.82, 2.24) is 4.98 Å². The molecule has 16 heavy (non-hydrogen) atoms. The maximum absolute atomic E-state index is 6.28. The average molecular weight is 237 g/mol. The highest BCUT2D eigenvalue weighted by Gasteiger charge is 2.47. The first-order valence-corrected chi connectivity index (χ1v) is 6.46. The van der Waals surface area contributed by atoms with Crippen LogP contribution in [0.25, 0.3) is 0 Å². The van der Waals surface area contributed by atoms with Gasteiger partial charge in [0.15, 0.2) is 0 Å². The first-order valence-electron chi connectivity index (χ1n) is 6.08. The normalized spacial score (nSPS) is 33.5. The molecule has 0 radical (unpaired) electrons. The molecule has 1 heterocycles. The first kappa shape index (κ1) is 10.5. The van der Waals surface area contributed by atoms with E-state index < -0.39 is 0 Å². The van der Waals surface area contributed by atoms with Gasteiger partial charge in [0.05, 0.1) is 5.02 Å². The number of nitrogens with zero attached hydrogens (tertiary/aromatic N) is 1. The molecule has 0 aliphatic heterocycles. The van der Waals surface area contributed by atoms with E-state index in [2.05, 4.69) is 4.98 Å². The summed E-state index contributed by atoms with van der Waals surface area (Å²) in [7, 11) is 0. The zero-order chi connectivity index (χ0) is 11.1. The maximum atomic E-state index is 6.28. The highest BCUT2D eigenvalue weighted by atomic mass is 35.5. The molecule has 3 unspecified atom stereocenters. The van der Waals surface area contributed by atoms with E-state index in [0.717, 1.165) is 28.8 Å². The van der Waals surface area contributed by atoms with Gasteiger partial charge in [-0.25, -0.2) is 0 Å². The monoisotopic (exact) mass is 236 g/mol. The van der Waals surface area contributed by atoms with Gasteiger partial charge in [-0.15, -0.1) is 0 Å². The lowest BCUT2D eigenvalue weighted by Crippen LogP contribution is -2.31. The topological polar surface area (TPSA) is 38.9 Å². The molecule has 0 aromatic carbocycles. The minimum absolute atomic E-state index is 0.271. The minimum atomic E-state index is 0.271. The summed E-state index contributed by atoms with van der Waals surface area (Å²) in [4.78, 5) is 4.00. The number of rotatable bonds is 3. The van der Waals surface area contributed by atoms with E-state index in [1.807, 2.05) is 6.07 Å². The van der Waals surface area contributed by atoms with E-state index in [9.17, 15) is 0 Å². The van der Waals surface area contributed by atoms with Gasteiger partial charge in [0.1, 0.15) is 0 Å². The Morgan fingerprint density at radius 1 is 1.38 bits per heavy atom. The molecule has 3 atom stereocenters. The fourth-order valence-electron chi connectivity index (χ4n) is 3.10. The molecule has 0 spiro atoms. The summed E-state index contributed by atoms with van der Waals surface area (Å²) in [5.41, 5.74) is 7.43. The van der Waals surface area contributed by atoms with Crippen molar-refractivity contribution in [2.75, 3.05) is 0 Å². The van der Waals surface area contributed by atoms with Crippen LogP contribution in [0.15, 0.2) is 18.5 Å². The van der Waals surface area contributed by atoms with Crippen molar-refractivity contribution in [3.05, 3.63) is 29.0 Å². The third kappa shape index (κ3) is 1.96. The molecule has 1 aromatic rings. The summed E-state index contributed by atoms with van der Waals surface area (Å²) >= 11 is 6.09. The molecular weight excluding hydrogens is 220 g/mol. The Morgan fingerprint density at radius 3 is 2.81 bits per heavy atom. The third-order valence-electron chi connectivity index (χ3n) is 4.20. The highest BCUT2D eigenvalue weighted by molar-refractivity contribution is 6.31. The van der Waals surface area contributed by atoms with Crippen molar-refractivity contribution in [3.63, 3.8) is 0 Å². The molecule has 2 saturated carbocycles. The summed E-state index contributed by atoms with van der Waals surface area (Å²) in [6.45, 7) is 0. The van der Waals surface area contributed by atoms with E-state index in [4.69, 9.17) is 17.3 Å². The van der Waals surface area contributed by atoms with E-state index in [0.29, 0.717) is 5.92 Å². The van der Waals surface area contributed by atoms with Gasteiger partial charge >= 0.3 is 0 Å². The van der Waals surface area contributed by atoms with Gasteiger partial charge in [0, 0.05) is 18.4 Å². The fourth-order valence-corrected chi connectivity index (χ4v) is 3.30. The van der Waals surface area contributed by atoms with Crippen LogP contribution in [-0.4, -0.2) is 11.0 Å². The lowest BCUT2D eigenvalue weighted by molar-refractivity contribution is 0.392. The second-order valence-corrected chi connectivity index (χ2v) is 5.73. The highest BCUT2D eigenvalue weighted by Crippen LogP contribution is 2.55. The van der Waals surface area contributed by atoms with E-state index in [-0.39, 0.29) is 6.04 Å². The van der Waals surface area contributed by atoms with Crippen molar-refractivity contribution in [2.45, 2.75) is 31.7 Å². The maximum Gasteiger partial charge on any atom is 0.0621 e. The number of pyridine rings is 1. The van der Waals surface area contributed by atoms with Gasteiger partial charge in [0.25, 0.3) is 0 Å². The Kier molecular flexibility index (Phi) is 2.64. The summed E-state index contributed by atoms with van der Waals surface area (Å²) in [5, 5.41) is 0.751. The van der Waals surface area contributed by atoms with Crippen LogP contribution in [0.5, 0.6) is 0 Å². The van der Waals surface area contributed by atoms with Crippen LogP contribution in [0, 0.1) is 17.8 Å². The van der Waals surface area contributed by atoms with Gasteiger partial charge in [-0.3, -0.25) is 4.98 Å².